The molecular weight excluding hydrogens is 797 g/mol. The molecule has 0 radical (unpaired) electrons. The van der Waals surface area contributed by atoms with Gasteiger partial charge in [-0.15, -0.1) is 0 Å². The van der Waals surface area contributed by atoms with Gasteiger partial charge < -0.3 is 20.1 Å². The van der Waals surface area contributed by atoms with Crippen molar-refractivity contribution in [2.24, 2.45) is 10.8 Å². The van der Waals surface area contributed by atoms with Gasteiger partial charge in [0.05, 0.1) is 0 Å². The van der Waals surface area contributed by atoms with Gasteiger partial charge in [-0.1, -0.05) is 201 Å². The largest absolute Gasteiger partial charge is 0.432 e. The summed E-state index contributed by atoms with van der Waals surface area (Å²) in [4.78, 5) is 0. The molecule has 2 aromatic rings. The van der Waals surface area contributed by atoms with E-state index in [2.05, 4.69) is 95.5 Å². The molecule has 0 amide bonds. The number of hydrogen-bond acceptors (Lipinski definition) is 4. The van der Waals surface area contributed by atoms with Gasteiger partial charge in [-0.3, -0.25) is 0 Å². The molecule has 352 valence electrons. The molecule has 6 heteroatoms. The molecule has 1 fully saturated rings. The Hall–Kier alpha value is -2.18. The standard InChI is InChI=1S/C56H94N2O2S2/c1-8-12-16-20-24-28-34-46-36-32-40-51(49(46)38-30-26-22-18-14-10-3)59-53(61)57-45-56(7)43-48(42-55(5,6)44-56)58-54(62)60-52-41-33-37-47(35-29-25-21-17-13-9-2)50(52)39-31-27-23-19-15-11-4/h32-33,36-37,40-41,48H,8-31,34-35,38-39,42-45H2,1-7H3,(H,57,61)(H,58,62). The van der Waals surface area contributed by atoms with Crippen molar-refractivity contribution in [3.63, 3.8) is 0 Å². The number of thiocarbonyl (C=S) groups is 2. The Kier molecular flexibility index (Phi) is 27.6. The number of hydrogen-bond donors (Lipinski definition) is 2. The van der Waals surface area contributed by atoms with Crippen LogP contribution in [0.5, 0.6) is 11.5 Å². The first-order valence-corrected chi connectivity index (χ1v) is 27.0. The van der Waals surface area contributed by atoms with Crippen LogP contribution in [0.4, 0.5) is 0 Å². The van der Waals surface area contributed by atoms with Crippen LogP contribution in [0.15, 0.2) is 36.4 Å². The Labute approximate surface area is 394 Å². The fraction of sp³-hybridized carbons (Fsp3) is 0.750. The second kappa shape index (κ2) is 31.7. The fourth-order valence-corrected chi connectivity index (χ4v) is 10.8. The SMILES string of the molecule is CCCCCCCCc1cccc(OC(=S)NCC2(C)CC(NC(=S)Oc3cccc(CCCCCCCC)c3CCCCCCCC)CC(C)(C)C2)c1CCCCCCCC. The van der Waals surface area contributed by atoms with E-state index < -0.39 is 0 Å². The molecule has 1 saturated carbocycles. The summed E-state index contributed by atoms with van der Waals surface area (Å²) in [5.41, 5.74) is 5.77. The molecule has 2 unspecified atom stereocenters. The first-order valence-electron chi connectivity index (χ1n) is 26.2. The van der Waals surface area contributed by atoms with Crippen LogP contribution in [-0.4, -0.2) is 22.9 Å². The average Bonchev–Trinajstić information content (AvgIpc) is 3.23. The predicted molar refractivity (Wildman–Crippen MR) is 278 cm³/mol. The van der Waals surface area contributed by atoms with Gasteiger partial charge in [0.1, 0.15) is 11.5 Å². The summed E-state index contributed by atoms with van der Waals surface area (Å²) >= 11 is 12.0. The van der Waals surface area contributed by atoms with Crippen molar-refractivity contribution >= 4 is 34.8 Å². The molecule has 62 heavy (non-hydrogen) atoms. The molecule has 1 aliphatic rings. The summed E-state index contributed by atoms with van der Waals surface area (Å²) < 4.78 is 13.2. The molecule has 3 rings (SSSR count). The first kappa shape index (κ1) is 54.2. The van der Waals surface area contributed by atoms with E-state index in [9.17, 15) is 0 Å². The van der Waals surface area contributed by atoms with E-state index in [0.29, 0.717) is 10.3 Å². The Bertz CT molecular complexity index is 1520. The highest BCUT2D eigenvalue weighted by atomic mass is 32.1. The van der Waals surface area contributed by atoms with Crippen LogP contribution in [0.1, 0.15) is 244 Å². The van der Waals surface area contributed by atoms with E-state index in [1.54, 1.807) is 0 Å². The third-order valence-corrected chi connectivity index (χ3v) is 13.9. The number of rotatable bonds is 33. The highest BCUT2D eigenvalue weighted by Gasteiger charge is 2.42. The van der Waals surface area contributed by atoms with E-state index in [1.165, 1.54) is 176 Å². The molecule has 0 aromatic heterocycles. The summed E-state index contributed by atoms with van der Waals surface area (Å²) in [6, 6.07) is 13.5. The highest BCUT2D eigenvalue weighted by Crippen LogP contribution is 2.46. The normalized spacial score (nSPS) is 17.2. The van der Waals surface area contributed by atoms with Gasteiger partial charge in [0.15, 0.2) is 0 Å². The zero-order chi connectivity index (χ0) is 44.9. The van der Waals surface area contributed by atoms with Crippen LogP contribution >= 0.6 is 24.4 Å². The van der Waals surface area contributed by atoms with Crippen LogP contribution in [0, 0.1) is 10.8 Å². The number of aryl methyl sites for hydroxylation is 2. The maximum absolute atomic E-state index is 6.63. The molecule has 2 atom stereocenters. The molecule has 0 spiro atoms. The Morgan fingerprint density at radius 2 is 0.903 bits per heavy atom. The zero-order valence-corrected chi connectivity index (χ0v) is 42.9. The molecule has 2 aromatic carbocycles. The van der Waals surface area contributed by atoms with Crippen molar-refractivity contribution in [3.8, 4) is 11.5 Å². The van der Waals surface area contributed by atoms with Crippen molar-refractivity contribution in [2.75, 3.05) is 6.54 Å². The maximum atomic E-state index is 6.63. The summed E-state index contributed by atoms with van der Waals surface area (Å²) in [6.45, 7) is 17.1. The lowest BCUT2D eigenvalue weighted by atomic mass is 9.62. The minimum absolute atomic E-state index is 0.00335. The summed E-state index contributed by atoms with van der Waals surface area (Å²) in [7, 11) is 0. The number of benzene rings is 2. The fourth-order valence-electron chi connectivity index (χ4n) is 10.4. The van der Waals surface area contributed by atoms with Crippen LogP contribution in [0.25, 0.3) is 0 Å². The predicted octanol–water partition coefficient (Wildman–Crippen LogP) is 17.1. The van der Waals surface area contributed by atoms with Gasteiger partial charge in [-0.2, -0.15) is 0 Å². The first-order chi connectivity index (χ1) is 30.0. The topological polar surface area (TPSA) is 42.5 Å². The number of unbranched alkanes of at least 4 members (excludes halogenated alkanes) is 20. The van der Waals surface area contributed by atoms with Crippen LogP contribution in [0.3, 0.4) is 0 Å². The Balaban J connectivity index is 1.64. The molecule has 2 N–H and O–H groups in total. The van der Waals surface area contributed by atoms with E-state index in [-0.39, 0.29) is 16.9 Å². The Morgan fingerprint density at radius 3 is 1.34 bits per heavy atom. The van der Waals surface area contributed by atoms with Crippen molar-refractivity contribution in [1.82, 2.24) is 10.6 Å². The zero-order valence-electron chi connectivity index (χ0n) is 41.3. The van der Waals surface area contributed by atoms with Crippen LogP contribution in [0.2, 0.25) is 0 Å². The Morgan fingerprint density at radius 1 is 0.516 bits per heavy atom. The molecule has 0 aliphatic heterocycles. The average molecular weight is 892 g/mol. The molecule has 0 heterocycles. The van der Waals surface area contributed by atoms with E-state index >= 15 is 0 Å². The van der Waals surface area contributed by atoms with Gasteiger partial charge in [0, 0.05) is 12.6 Å². The summed E-state index contributed by atoms with van der Waals surface area (Å²) in [5, 5.41) is 8.30. The van der Waals surface area contributed by atoms with Gasteiger partial charge in [-0.05, 0) is 140 Å². The minimum Gasteiger partial charge on any atom is -0.432 e. The monoisotopic (exact) mass is 891 g/mol. The van der Waals surface area contributed by atoms with Gasteiger partial charge in [0.2, 0.25) is 0 Å². The molecule has 0 bridgehead atoms. The lowest BCUT2D eigenvalue weighted by Crippen LogP contribution is -2.51. The van der Waals surface area contributed by atoms with E-state index in [4.69, 9.17) is 33.9 Å². The van der Waals surface area contributed by atoms with Gasteiger partial charge >= 0.3 is 0 Å². The second-order valence-corrected chi connectivity index (χ2v) is 21.1. The molecule has 4 nitrogen and oxygen atoms in total. The molecular formula is C56H94N2O2S2. The lowest BCUT2D eigenvalue weighted by molar-refractivity contribution is 0.0787. The third kappa shape index (κ3) is 22.1. The van der Waals surface area contributed by atoms with Crippen molar-refractivity contribution < 1.29 is 9.47 Å². The van der Waals surface area contributed by atoms with Crippen LogP contribution < -0.4 is 20.1 Å². The maximum Gasteiger partial charge on any atom is 0.262 e. The van der Waals surface area contributed by atoms with Gasteiger partial charge in [0.25, 0.3) is 10.3 Å². The number of nitrogens with one attached hydrogen (secondary N) is 2. The van der Waals surface area contributed by atoms with E-state index in [0.717, 1.165) is 63.0 Å². The minimum atomic E-state index is 0.00335. The number of ether oxygens (including phenoxy) is 2. The van der Waals surface area contributed by atoms with Gasteiger partial charge in [-0.25, -0.2) is 0 Å². The van der Waals surface area contributed by atoms with E-state index in [1.807, 2.05) is 0 Å². The second-order valence-electron chi connectivity index (χ2n) is 20.4. The quantitative estimate of drug-likeness (QED) is 0.0550. The van der Waals surface area contributed by atoms with Crippen molar-refractivity contribution in [3.05, 3.63) is 58.7 Å². The van der Waals surface area contributed by atoms with Crippen molar-refractivity contribution in [1.29, 1.82) is 0 Å². The lowest BCUT2D eigenvalue weighted by Gasteiger charge is -2.47. The smallest absolute Gasteiger partial charge is 0.262 e. The molecule has 1 aliphatic carbocycles. The molecule has 0 saturated heterocycles. The van der Waals surface area contributed by atoms with Crippen molar-refractivity contribution in [2.45, 2.75) is 254 Å². The summed E-state index contributed by atoms with van der Waals surface area (Å²) in [6.07, 6.45) is 38.7. The summed E-state index contributed by atoms with van der Waals surface area (Å²) in [5.74, 6) is 1.90. The highest BCUT2D eigenvalue weighted by molar-refractivity contribution is 7.80. The van der Waals surface area contributed by atoms with Crippen LogP contribution in [-0.2, 0) is 25.7 Å². The third-order valence-electron chi connectivity index (χ3n) is 13.5.